The van der Waals surface area contributed by atoms with Crippen LogP contribution in [0.15, 0.2) is 0 Å². The number of aliphatic hydroxyl groups is 1. The second-order valence-electron chi connectivity index (χ2n) is 4.61. The number of hydrogen-bond donors (Lipinski definition) is 1. The van der Waals surface area contributed by atoms with Crippen LogP contribution < -0.4 is 0 Å². The maximum absolute atomic E-state index is 11.7. The summed E-state index contributed by atoms with van der Waals surface area (Å²) in [6, 6.07) is 0. The molecule has 0 aromatic rings. The molecule has 15 heavy (non-hydrogen) atoms. The first-order chi connectivity index (χ1) is 7.22. The SMILES string of the molecule is COCCC(=O)N1CC2CCC(O)C2C1. The van der Waals surface area contributed by atoms with Crippen LogP contribution in [0, 0.1) is 11.8 Å². The van der Waals surface area contributed by atoms with Gasteiger partial charge in [0.05, 0.1) is 19.1 Å². The Morgan fingerprint density at radius 3 is 2.93 bits per heavy atom. The second-order valence-corrected chi connectivity index (χ2v) is 4.61. The Bertz CT molecular complexity index is 244. The lowest BCUT2D eigenvalue weighted by Gasteiger charge is -2.18. The molecule has 1 saturated carbocycles. The quantitative estimate of drug-likeness (QED) is 0.731. The van der Waals surface area contributed by atoms with Crippen molar-refractivity contribution in [3.05, 3.63) is 0 Å². The van der Waals surface area contributed by atoms with Crippen LogP contribution in [0.1, 0.15) is 19.3 Å². The van der Waals surface area contributed by atoms with Gasteiger partial charge in [0.2, 0.25) is 5.91 Å². The number of likely N-dealkylation sites (tertiary alicyclic amines) is 1. The maximum atomic E-state index is 11.7. The zero-order valence-electron chi connectivity index (χ0n) is 9.19. The average Bonchev–Trinajstić information content (AvgIpc) is 2.78. The van der Waals surface area contributed by atoms with Gasteiger partial charge < -0.3 is 14.7 Å². The van der Waals surface area contributed by atoms with Gasteiger partial charge in [-0.15, -0.1) is 0 Å². The average molecular weight is 213 g/mol. The number of hydrogen-bond acceptors (Lipinski definition) is 3. The molecule has 2 fully saturated rings. The topological polar surface area (TPSA) is 49.8 Å². The highest BCUT2D eigenvalue weighted by Crippen LogP contribution is 2.38. The van der Waals surface area contributed by atoms with Gasteiger partial charge in [0.25, 0.3) is 0 Å². The van der Waals surface area contributed by atoms with E-state index in [9.17, 15) is 9.90 Å². The summed E-state index contributed by atoms with van der Waals surface area (Å²) in [4.78, 5) is 13.6. The summed E-state index contributed by atoms with van der Waals surface area (Å²) < 4.78 is 4.89. The van der Waals surface area contributed by atoms with Gasteiger partial charge in [0, 0.05) is 26.1 Å². The molecule has 1 aliphatic heterocycles. The van der Waals surface area contributed by atoms with Crippen LogP contribution >= 0.6 is 0 Å². The number of ether oxygens (including phenoxy) is 1. The van der Waals surface area contributed by atoms with Crippen molar-refractivity contribution in [2.45, 2.75) is 25.4 Å². The summed E-state index contributed by atoms with van der Waals surface area (Å²) in [5.74, 6) is 1.03. The molecule has 1 saturated heterocycles. The smallest absolute Gasteiger partial charge is 0.224 e. The summed E-state index contributed by atoms with van der Waals surface area (Å²) in [5.41, 5.74) is 0. The Labute approximate surface area is 90.2 Å². The van der Waals surface area contributed by atoms with E-state index in [1.54, 1.807) is 7.11 Å². The van der Waals surface area contributed by atoms with Gasteiger partial charge in [0.15, 0.2) is 0 Å². The van der Waals surface area contributed by atoms with E-state index in [0.717, 1.165) is 25.9 Å². The molecule has 0 radical (unpaired) electrons. The molecule has 0 aromatic heterocycles. The number of rotatable bonds is 3. The number of fused-ring (bicyclic) bond motifs is 1. The van der Waals surface area contributed by atoms with Crippen molar-refractivity contribution < 1.29 is 14.6 Å². The van der Waals surface area contributed by atoms with Crippen LogP contribution in [-0.4, -0.2) is 48.8 Å². The number of amides is 1. The minimum absolute atomic E-state index is 0.165. The van der Waals surface area contributed by atoms with Gasteiger partial charge in [0.1, 0.15) is 0 Å². The molecule has 2 rings (SSSR count). The van der Waals surface area contributed by atoms with Crippen LogP contribution in [0.4, 0.5) is 0 Å². The second kappa shape index (κ2) is 4.49. The molecule has 3 atom stereocenters. The molecule has 1 N–H and O–H groups in total. The molecule has 1 amide bonds. The first kappa shape index (κ1) is 10.9. The molecule has 4 heteroatoms. The zero-order valence-corrected chi connectivity index (χ0v) is 9.19. The molecular formula is C11H19NO3. The van der Waals surface area contributed by atoms with E-state index < -0.39 is 0 Å². The fourth-order valence-corrected chi connectivity index (χ4v) is 2.79. The van der Waals surface area contributed by atoms with Gasteiger partial charge in [-0.3, -0.25) is 4.79 Å². The van der Waals surface area contributed by atoms with Crippen LogP contribution in [0.5, 0.6) is 0 Å². The minimum atomic E-state index is -0.185. The Balaban J connectivity index is 1.85. The van der Waals surface area contributed by atoms with E-state index in [4.69, 9.17) is 4.74 Å². The molecule has 2 aliphatic rings. The van der Waals surface area contributed by atoms with E-state index >= 15 is 0 Å². The van der Waals surface area contributed by atoms with Crippen LogP contribution in [0.25, 0.3) is 0 Å². The Hall–Kier alpha value is -0.610. The molecule has 1 aliphatic carbocycles. The molecular weight excluding hydrogens is 194 g/mol. The molecule has 0 bridgehead atoms. The highest BCUT2D eigenvalue weighted by atomic mass is 16.5. The van der Waals surface area contributed by atoms with Crippen molar-refractivity contribution in [2.24, 2.45) is 11.8 Å². The number of carbonyl (C=O) groups is 1. The summed E-state index contributed by atoms with van der Waals surface area (Å²) in [7, 11) is 1.61. The fraction of sp³-hybridized carbons (Fsp3) is 0.909. The summed E-state index contributed by atoms with van der Waals surface area (Å²) in [6.45, 7) is 2.08. The van der Waals surface area contributed by atoms with Gasteiger partial charge in [-0.2, -0.15) is 0 Å². The number of aliphatic hydroxyl groups excluding tert-OH is 1. The highest BCUT2D eigenvalue weighted by molar-refractivity contribution is 5.76. The largest absolute Gasteiger partial charge is 0.393 e. The predicted molar refractivity (Wildman–Crippen MR) is 55.3 cm³/mol. The Kier molecular flexibility index (Phi) is 3.26. The van der Waals surface area contributed by atoms with E-state index in [1.807, 2.05) is 4.90 Å². The van der Waals surface area contributed by atoms with Crippen molar-refractivity contribution in [1.82, 2.24) is 4.90 Å². The van der Waals surface area contributed by atoms with E-state index in [2.05, 4.69) is 0 Å². The number of methoxy groups -OCH3 is 1. The van der Waals surface area contributed by atoms with E-state index in [0.29, 0.717) is 24.9 Å². The minimum Gasteiger partial charge on any atom is -0.393 e. The zero-order chi connectivity index (χ0) is 10.8. The maximum Gasteiger partial charge on any atom is 0.224 e. The van der Waals surface area contributed by atoms with E-state index in [-0.39, 0.29) is 12.0 Å². The van der Waals surface area contributed by atoms with Crippen molar-refractivity contribution >= 4 is 5.91 Å². The van der Waals surface area contributed by atoms with Gasteiger partial charge >= 0.3 is 0 Å². The third kappa shape index (κ3) is 2.16. The Morgan fingerprint density at radius 1 is 1.47 bits per heavy atom. The lowest BCUT2D eigenvalue weighted by atomic mass is 10.00. The first-order valence-electron chi connectivity index (χ1n) is 5.67. The van der Waals surface area contributed by atoms with Gasteiger partial charge in [-0.25, -0.2) is 0 Å². The van der Waals surface area contributed by atoms with Crippen molar-refractivity contribution in [3.8, 4) is 0 Å². The van der Waals surface area contributed by atoms with Crippen LogP contribution in [0.2, 0.25) is 0 Å². The molecule has 0 spiro atoms. The summed E-state index contributed by atoms with van der Waals surface area (Å²) >= 11 is 0. The monoisotopic (exact) mass is 213 g/mol. The normalized spacial score (nSPS) is 34.5. The molecule has 1 heterocycles. The lowest BCUT2D eigenvalue weighted by Crippen LogP contribution is -2.31. The summed E-state index contributed by atoms with van der Waals surface area (Å²) in [5, 5.41) is 9.71. The van der Waals surface area contributed by atoms with Crippen LogP contribution in [-0.2, 0) is 9.53 Å². The van der Waals surface area contributed by atoms with Gasteiger partial charge in [-0.1, -0.05) is 0 Å². The third-order valence-electron chi connectivity index (χ3n) is 3.69. The molecule has 86 valence electrons. The predicted octanol–water partition coefficient (Wildman–Crippen LogP) is 0.252. The Morgan fingerprint density at radius 2 is 2.27 bits per heavy atom. The highest BCUT2D eigenvalue weighted by Gasteiger charge is 2.42. The third-order valence-corrected chi connectivity index (χ3v) is 3.69. The fourth-order valence-electron chi connectivity index (χ4n) is 2.79. The van der Waals surface area contributed by atoms with E-state index in [1.165, 1.54) is 0 Å². The summed E-state index contributed by atoms with van der Waals surface area (Å²) in [6.07, 6.45) is 2.26. The number of carbonyl (C=O) groups excluding carboxylic acids is 1. The van der Waals surface area contributed by atoms with Crippen molar-refractivity contribution in [1.29, 1.82) is 0 Å². The van der Waals surface area contributed by atoms with Crippen molar-refractivity contribution in [2.75, 3.05) is 26.8 Å². The molecule has 3 unspecified atom stereocenters. The van der Waals surface area contributed by atoms with Crippen molar-refractivity contribution in [3.63, 3.8) is 0 Å². The lowest BCUT2D eigenvalue weighted by molar-refractivity contribution is -0.131. The number of nitrogens with zero attached hydrogens (tertiary/aromatic N) is 1. The standard InChI is InChI=1S/C11H19NO3/c1-15-5-4-11(14)12-6-8-2-3-10(13)9(8)7-12/h8-10,13H,2-7H2,1H3. The molecule has 0 aromatic carbocycles. The molecule has 4 nitrogen and oxygen atoms in total. The first-order valence-corrected chi connectivity index (χ1v) is 5.67. The van der Waals surface area contributed by atoms with Gasteiger partial charge in [-0.05, 0) is 18.8 Å². The van der Waals surface area contributed by atoms with Crippen LogP contribution in [0.3, 0.4) is 0 Å².